The molecule has 3 aromatic rings. The molecule has 11 heteroatoms. The molecular weight excluding hydrogens is 588 g/mol. The number of hydrogen-bond donors (Lipinski definition) is 1. The van der Waals surface area contributed by atoms with E-state index in [1.165, 1.54) is 4.90 Å². The molecule has 0 radical (unpaired) electrons. The first-order valence-electron chi connectivity index (χ1n) is 13.3. The van der Waals surface area contributed by atoms with E-state index in [4.69, 9.17) is 23.2 Å². The van der Waals surface area contributed by atoms with Crippen LogP contribution in [0.5, 0.6) is 0 Å². The molecule has 7 nitrogen and oxygen atoms in total. The van der Waals surface area contributed by atoms with Gasteiger partial charge in [0, 0.05) is 22.6 Å². The summed E-state index contributed by atoms with van der Waals surface area (Å²) in [5, 5.41) is 3.64. The molecule has 41 heavy (non-hydrogen) atoms. The number of halogens is 3. The lowest BCUT2D eigenvalue weighted by molar-refractivity contribution is -0.140. The number of sulfonamides is 1. The third-order valence-corrected chi connectivity index (χ3v) is 9.12. The van der Waals surface area contributed by atoms with E-state index >= 15 is 0 Å². The fourth-order valence-electron chi connectivity index (χ4n) is 4.17. The van der Waals surface area contributed by atoms with Crippen LogP contribution in [0.15, 0.2) is 71.6 Å². The lowest BCUT2D eigenvalue weighted by atomic mass is 10.1. The predicted molar refractivity (Wildman–Crippen MR) is 161 cm³/mol. The molecule has 0 aliphatic rings. The van der Waals surface area contributed by atoms with Crippen LogP contribution in [-0.4, -0.2) is 43.8 Å². The van der Waals surface area contributed by atoms with Crippen LogP contribution in [0.4, 0.5) is 10.1 Å². The van der Waals surface area contributed by atoms with Gasteiger partial charge in [0.2, 0.25) is 11.8 Å². The van der Waals surface area contributed by atoms with Crippen molar-refractivity contribution in [3.63, 3.8) is 0 Å². The van der Waals surface area contributed by atoms with Gasteiger partial charge in [0.25, 0.3) is 10.0 Å². The number of anilines is 1. The molecule has 0 spiro atoms. The van der Waals surface area contributed by atoms with E-state index in [0.29, 0.717) is 22.0 Å². The molecule has 0 heterocycles. The molecule has 3 rings (SSSR count). The molecule has 0 fully saturated rings. The summed E-state index contributed by atoms with van der Waals surface area (Å²) in [4.78, 5) is 28.6. The summed E-state index contributed by atoms with van der Waals surface area (Å²) in [5.74, 6) is -1.57. The van der Waals surface area contributed by atoms with Crippen molar-refractivity contribution in [2.75, 3.05) is 10.8 Å². The molecule has 0 bridgehead atoms. The lowest BCUT2D eigenvalue weighted by Crippen LogP contribution is -2.53. The second kappa shape index (κ2) is 14.2. The van der Waals surface area contributed by atoms with Crippen LogP contribution in [0.2, 0.25) is 10.0 Å². The number of amides is 2. The Morgan fingerprint density at radius 2 is 1.59 bits per heavy atom. The zero-order valence-electron chi connectivity index (χ0n) is 23.4. The molecule has 2 unspecified atom stereocenters. The van der Waals surface area contributed by atoms with Gasteiger partial charge in [0.1, 0.15) is 18.4 Å². The number of hydrogen-bond acceptors (Lipinski definition) is 4. The number of rotatable bonds is 12. The van der Waals surface area contributed by atoms with Crippen molar-refractivity contribution >= 4 is 50.7 Å². The van der Waals surface area contributed by atoms with Crippen LogP contribution < -0.4 is 9.62 Å². The van der Waals surface area contributed by atoms with Gasteiger partial charge >= 0.3 is 0 Å². The molecular formula is C30H34Cl2FN3O4S. The summed E-state index contributed by atoms with van der Waals surface area (Å²) in [6.07, 6.45) is 0.963. The van der Waals surface area contributed by atoms with Crippen LogP contribution in [-0.2, 0) is 26.2 Å². The summed E-state index contributed by atoms with van der Waals surface area (Å²) in [6.45, 7) is 6.76. The van der Waals surface area contributed by atoms with E-state index in [1.807, 2.05) is 20.8 Å². The van der Waals surface area contributed by atoms with E-state index in [2.05, 4.69) is 5.32 Å². The Morgan fingerprint density at radius 3 is 2.15 bits per heavy atom. The first-order valence-corrected chi connectivity index (χ1v) is 15.5. The van der Waals surface area contributed by atoms with Gasteiger partial charge in [-0.2, -0.15) is 0 Å². The summed E-state index contributed by atoms with van der Waals surface area (Å²) in [6, 6.07) is 14.8. The molecule has 0 saturated carbocycles. The predicted octanol–water partition coefficient (Wildman–Crippen LogP) is 6.36. The average molecular weight is 623 g/mol. The van der Waals surface area contributed by atoms with E-state index < -0.39 is 34.3 Å². The van der Waals surface area contributed by atoms with Crippen molar-refractivity contribution in [1.29, 1.82) is 0 Å². The Balaban J connectivity index is 2.08. The Labute approximate surface area is 251 Å². The van der Waals surface area contributed by atoms with Crippen LogP contribution in [0.1, 0.15) is 44.7 Å². The summed E-state index contributed by atoms with van der Waals surface area (Å²) < 4.78 is 42.2. The third kappa shape index (κ3) is 8.21. The third-order valence-electron chi connectivity index (χ3n) is 6.75. The molecule has 2 amide bonds. The van der Waals surface area contributed by atoms with E-state index in [-0.39, 0.29) is 35.5 Å². The number of nitrogens with zero attached hydrogens (tertiary/aromatic N) is 2. The topological polar surface area (TPSA) is 86.8 Å². The number of carbonyl (C=O) groups excluding carboxylic acids is 2. The van der Waals surface area contributed by atoms with Gasteiger partial charge < -0.3 is 10.2 Å². The minimum Gasteiger partial charge on any atom is -0.352 e. The van der Waals surface area contributed by atoms with Crippen molar-refractivity contribution in [2.24, 2.45) is 0 Å². The second-order valence-corrected chi connectivity index (χ2v) is 12.5. The number of nitrogens with one attached hydrogen (secondary N) is 1. The van der Waals surface area contributed by atoms with Crippen molar-refractivity contribution in [3.05, 3.63) is 93.7 Å². The van der Waals surface area contributed by atoms with Gasteiger partial charge in [-0.3, -0.25) is 13.9 Å². The standard InChI is InChI=1S/C30H34Cl2FN3O4S/c1-5-21(4)34-30(38)28(6-2)35(18-22-9-10-23(31)17-27(22)32)29(37)19-36(25-13-7-20(3)8-14-25)41(39,40)26-15-11-24(33)12-16-26/h7-17,21,28H,5-6,18-19H2,1-4H3,(H,34,38). The molecule has 2 atom stereocenters. The van der Waals surface area contributed by atoms with E-state index in [0.717, 1.165) is 34.1 Å². The maximum atomic E-state index is 14.1. The van der Waals surface area contributed by atoms with E-state index in [9.17, 15) is 22.4 Å². The fourth-order valence-corrected chi connectivity index (χ4v) is 6.05. The van der Waals surface area contributed by atoms with Crippen LogP contribution in [0, 0.1) is 12.7 Å². The summed E-state index contributed by atoms with van der Waals surface area (Å²) >= 11 is 12.5. The molecule has 0 aromatic heterocycles. The Kier molecular flexibility index (Phi) is 11.2. The van der Waals surface area contributed by atoms with Gasteiger partial charge in [-0.15, -0.1) is 0 Å². The Morgan fingerprint density at radius 1 is 0.951 bits per heavy atom. The normalized spacial score (nSPS) is 12.9. The van der Waals surface area contributed by atoms with Gasteiger partial charge in [-0.1, -0.05) is 60.8 Å². The van der Waals surface area contributed by atoms with Gasteiger partial charge in [0.05, 0.1) is 10.6 Å². The van der Waals surface area contributed by atoms with Crippen LogP contribution in [0.3, 0.4) is 0 Å². The highest BCUT2D eigenvalue weighted by atomic mass is 35.5. The number of benzene rings is 3. The SMILES string of the molecule is CCC(C)NC(=O)C(CC)N(Cc1ccc(Cl)cc1Cl)C(=O)CN(c1ccc(C)cc1)S(=O)(=O)c1ccc(F)cc1. The maximum absolute atomic E-state index is 14.1. The van der Waals surface area contributed by atoms with Crippen LogP contribution >= 0.6 is 23.2 Å². The fraction of sp³-hybridized carbons (Fsp3) is 0.333. The highest BCUT2D eigenvalue weighted by molar-refractivity contribution is 7.92. The summed E-state index contributed by atoms with van der Waals surface area (Å²) in [5.41, 5.74) is 1.68. The van der Waals surface area contributed by atoms with Crippen molar-refractivity contribution in [2.45, 2.75) is 64.1 Å². The minimum absolute atomic E-state index is 0.0560. The largest absolute Gasteiger partial charge is 0.352 e. The van der Waals surface area contributed by atoms with Gasteiger partial charge in [-0.05, 0) is 80.8 Å². The van der Waals surface area contributed by atoms with Crippen molar-refractivity contribution < 1.29 is 22.4 Å². The Hall–Kier alpha value is -3.14. The zero-order chi connectivity index (χ0) is 30.3. The van der Waals surface area contributed by atoms with Crippen molar-refractivity contribution in [3.8, 4) is 0 Å². The molecule has 0 aliphatic carbocycles. The molecule has 0 saturated heterocycles. The smallest absolute Gasteiger partial charge is 0.264 e. The van der Waals surface area contributed by atoms with Crippen molar-refractivity contribution in [1.82, 2.24) is 10.2 Å². The number of aryl methyl sites for hydroxylation is 1. The zero-order valence-corrected chi connectivity index (χ0v) is 25.7. The monoisotopic (exact) mass is 621 g/mol. The molecule has 3 aromatic carbocycles. The number of carbonyl (C=O) groups is 2. The van der Waals surface area contributed by atoms with Gasteiger partial charge in [0.15, 0.2) is 0 Å². The highest BCUT2D eigenvalue weighted by Crippen LogP contribution is 2.27. The average Bonchev–Trinajstić information content (AvgIpc) is 2.93. The first kappa shape index (κ1) is 32.4. The maximum Gasteiger partial charge on any atom is 0.264 e. The lowest BCUT2D eigenvalue weighted by Gasteiger charge is -2.34. The summed E-state index contributed by atoms with van der Waals surface area (Å²) in [7, 11) is -4.30. The molecule has 0 aliphatic heterocycles. The highest BCUT2D eigenvalue weighted by Gasteiger charge is 2.34. The molecule has 220 valence electrons. The first-order chi connectivity index (χ1) is 19.4. The minimum atomic E-state index is -4.30. The quantitative estimate of drug-likeness (QED) is 0.255. The second-order valence-electron chi connectivity index (χ2n) is 9.80. The van der Waals surface area contributed by atoms with Crippen LogP contribution in [0.25, 0.3) is 0 Å². The van der Waals surface area contributed by atoms with Gasteiger partial charge in [-0.25, -0.2) is 12.8 Å². The molecule has 1 N–H and O–H groups in total. The Bertz CT molecular complexity index is 1470. The van der Waals surface area contributed by atoms with E-state index in [1.54, 1.807) is 49.4 Å².